The molecule has 0 atom stereocenters. The van der Waals surface area contributed by atoms with E-state index in [9.17, 15) is 13.2 Å². The maximum Gasteiger partial charge on any atom is 0.227 e. The fourth-order valence-electron chi connectivity index (χ4n) is 1.41. The molecule has 0 spiro atoms. The molecule has 0 aliphatic carbocycles. The van der Waals surface area contributed by atoms with Gasteiger partial charge in [0.05, 0.1) is 0 Å². The highest BCUT2D eigenvalue weighted by atomic mass is 19.2. The van der Waals surface area contributed by atoms with Crippen molar-refractivity contribution < 1.29 is 17.7 Å². The first kappa shape index (κ1) is 12.6. The van der Waals surface area contributed by atoms with E-state index in [-0.39, 0.29) is 11.4 Å². The Labute approximate surface area is 101 Å². The summed E-state index contributed by atoms with van der Waals surface area (Å²) in [7, 11) is 0. The van der Waals surface area contributed by atoms with Crippen LogP contribution in [0.1, 0.15) is 12.3 Å². The predicted molar refractivity (Wildman–Crippen MR) is 57.0 cm³/mol. The molecule has 0 saturated carbocycles. The summed E-state index contributed by atoms with van der Waals surface area (Å²) in [5.74, 6) is -3.78. The van der Waals surface area contributed by atoms with Crippen LogP contribution in [0, 0.1) is 17.5 Å². The Morgan fingerprint density at radius 1 is 1.17 bits per heavy atom. The van der Waals surface area contributed by atoms with Crippen molar-refractivity contribution in [1.82, 2.24) is 10.1 Å². The average molecular weight is 257 g/mol. The smallest absolute Gasteiger partial charge is 0.227 e. The molecule has 0 aliphatic rings. The van der Waals surface area contributed by atoms with Gasteiger partial charge in [-0.05, 0) is 25.1 Å². The van der Waals surface area contributed by atoms with Crippen molar-refractivity contribution in [2.75, 3.05) is 6.54 Å². The Morgan fingerprint density at radius 2 is 1.83 bits per heavy atom. The fraction of sp³-hybridized carbons (Fsp3) is 0.273. The van der Waals surface area contributed by atoms with E-state index in [0.717, 1.165) is 12.1 Å². The largest absolute Gasteiger partial charge is 0.339 e. The van der Waals surface area contributed by atoms with Gasteiger partial charge in [0, 0.05) is 12.0 Å². The molecule has 1 aromatic heterocycles. The van der Waals surface area contributed by atoms with Gasteiger partial charge in [-0.3, -0.25) is 0 Å². The van der Waals surface area contributed by atoms with E-state index in [1.54, 1.807) is 0 Å². The number of rotatable bonds is 4. The minimum absolute atomic E-state index is 0.0137. The second-order valence-electron chi connectivity index (χ2n) is 3.66. The molecule has 2 N–H and O–H groups in total. The molecule has 0 fully saturated rings. The highest BCUT2D eigenvalue weighted by Gasteiger charge is 2.15. The van der Waals surface area contributed by atoms with Crippen molar-refractivity contribution in [1.29, 1.82) is 0 Å². The Bertz CT molecular complexity index is 533. The number of benzene rings is 1. The van der Waals surface area contributed by atoms with Gasteiger partial charge in [-0.15, -0.1) is 0 Å². The van der Waals surface area contributed by atoms with E-state index >= 15 is 0 Å². The van der Waals surface area contributed by atoms with Crippen LogP contribution in [0.15, 0.2) is 16.7 Å². The average Bonchev–Trinajstić information content (AvgIpc) is 2.81. The summed E-state index contributed by atoms with van der Waals surface area (Å²) in [6.07, 6.45) is 1.14. The first-order chi connectivity index (χ1) is 8.61. The molecule has 0 saturated heterocycles. The monoisotopic (exact) mass is 257 g/mol. The van der Waals surface area contributed by atoms with Gasteiger partial charge >= 0.3 is 0 Å². The maximum atomic E-state index is 13.0. The lowest BCUT2D eigenvalue weighted by Gasteiger charge is -1.98. The number of nitrogens with two attached hydrogens (primary N) is 1. The standard InChI is InChI=1S/C11H10F3N3O/c12-7-4-6(5-8(13)10(7)14)11-16-9(18-17-11)2-1-3-15/h4-5H,1-3,15H2. The molecule has 0 amide bonds. The molecule has 2 aromatic rings. The zero-order valence-corrected chi connectivity index (χ0v) is 9.29. The van der Waals surface area contributed by atoms with Crippen molar-refractivity contribution in [3.8, 4) is 11.4 Å². The lowest BCUT2D eigenvalue weighted by atomic mass is 10.2. The van der Waals surface area contributed by atoms with Gasteiger partial charge in [-0.25, -0.2) is 13.2 Å². The highest BCUT2D eigenvalue weighted by molar-refractivity contribution is 5.54. The van der Waals surface area contributed by atoms with Crippen molar-refractivity contribution in [2.45, 2.75) is 12.8 Å². The van der Waals surface area contributed by atoms with Crippen molar-refractivity contribution >= 4 is 0 Å². The van der Waals surface area contributed by atoms with E-state index < -0.39 is 17.5 Å². The van der Waals surface area contributed by atoms with Gasteiger partial charge in [0.25, 0.3) is 0 Å². The summed E-state index contributed by atoms with van der Waals surface area (Å²) in [6.45, 7) is 0.470. The topological polar surface area (TPSA) is 64.9 Å². The van der Waals surface area contributed by atoms with Crippen LogP contribution in [0.25, 0.3) is 11.4 Å². The molecule has 0 radical (unpaired) electrons. The number of hydrogen-bond donors (Lipinski definition) is 1. The molecule has 1 heterocycles. The zero-order valence-electron chi connectivity index (χ0n) is 9.29. The van der Waals surface area contributed by atoms with Crippen molar-refractivity contribution in [3.05, 3.63) is 35.5 Å². The number of aromatic nitrogens is 2. The predicted octanol–water partition coefficient (Wildman–Crippen LogP) is 2.05. The normalized spacial score (nSPS) is 10.9. The molecular weight excluding hydrogens is 247 g/mol. The van der Waals surface area contributed by atoms with Gasteiger partial charge in [0.2, 0.25) is 11.7 Å². The Balaban J connectivity index is 2.28. The van der Waals surface area contributed by atoms with E-state index in [2.05, 4.69) is 10.1 Å². The first-order valence-electron chi connectivity index (χ1n) is 5.29. The third-order valence-electron chi connectivity index (χ3n) is 2.30. The summed E-state index contributed by atoms with van der Waals surface area (Å²) in [5.41, 5.74) is 5.34. The minimum Gasteiger partial charge on any atom is -0.339 e. The number of nitrogens with zero attached hydrogens (tertiary/aromatic N) is 2. The quantitative estimate of drug-likeness (QED) is 0.851. The minimum atomic E-state index is -1.52. The molecule has 96 valence electrons. The van der Waals surface area contributed by atoms with Gasteiger partial charge in [0.1, 0.15) is 0 Å². The summed E-state index contributed by atoms with van der Waals surface area (Å²) in [4.78, 5) is 3.94. The van der Waals surface area contributed by atoms with Crippen LogP contribution >= 0.6 is 0 Å². The molecule has 7 heteroatoms. The van der Waals surface area contributed by atoms with Gasteiger partial charge in [-0.2, -0.15) is 4.98 Å². The lowest BCUT2D eigenvalue weighted by molar-refractivity contribution is 0.376. The molecular formula is C11H10F3N3O. The number of aryl methyl sites for hydroxylation is 1. The summed E-state index contributed by atoms with van der Waals surface area (Å²) in [5, 5.41) is 3.57. The van der Waals surface area contributed by atoms with E-state index in [1.807, 2.05) is 0 Å². The molecule has 4 nitrogen and oxygen atoms in total. The molecule has 2 rings (SSSR count). The van der Waals surface area contributed by atoms with E-state index in [1.165, 1.54) is 0 Å². The second kappa shape index (κ2) is 5.18. The Kier molecular flexibility index (Phi) is 3.61. The Hall–Kier alpha value is -1.89. The van der Waals surface area contributed by atoms with Gasteiger partial charge < -0.3 is 10.3 Å². The van der Waals surface area contributed by atoms with Crippen LogP contribution in [0.2, 0.25) is 0 Å². The Morgan fingerprint density at radius 3 is 2.44 bits per heavy atom. The zero-order chi connectivity index (χ0) is 13.1. The van der Waals surface area contributed by atoms with Crippen molar-refractivity contribution in [2.24, 2.45) is 5.73 Å². The van der Waals surface area contributed by atoms with Gasteiger partial charge in [-0.1, -0.05) is 5.16 Å². The maximum absolute atomic E-state index is 13.0. The highest BCUT2D eigenvalue weighted by Crippen LogP contribution is 2.21. The van der Waals surface area contributed by atoms with Gasteiger partial charge in [0.15, 0.2) is 17.5 Å². The van der Waals surface area contributed by atoms with Crippen LogP contribution in [0.3, 0.4) is 0 Å². The van der Waals surface area contributed by atoms with E-state index in [4.69, 9.17) is 10.3 Å². The van der Waals surface area contributed by atoms with Crippen LogP contribution in [0.5, 0.6) is 0 Å². The van der Waals surface area contributed by atoms with Crippen LogP contribution in [-0.2, 0) is 6.42 Å². The molecule has 0 unspecified atom stereocenters. The number of hydrogen-bond acceptors (Lipinski definition) is 4. The van der Waals surface area contributed by atoms with E-state index in [0.29, 0.717) is 25.3 Å². The fourth-order valence-corrected chi connectivity index (χ4v) is 1.41. The summed E-state index contributed by atoms with van der Waals surface area (Å²) < 4.78 is 43.7. The SMILES string of the molecule is NCCCc1nc(-c2cc(F)c(F)c(F)c2)no1. The van der Waals surface area contributed by atoms with Crippen LogP contribution in [0.4, 0.5) is 13.2 Å². The summed E-state index contributed by atoms with van der Waals surface area (Å²) >= 11 is 0. The lowest BCUT2D eigenvalue weighted by Crippen LogP contribution is -2.00. The van der Waals surface area contributed by atoms with Crippen LogP contribution < -0.4 is 5.73 Å². The molecule has 0 bridgehead atoms. The third-order valence-corrected chi connectivity index (χ3v) is 2.30. The first-order valence-corrected chi connectivity index (χ1v) is 5.29. The molecule has 0 aliphatic heterocycles. The van der Waals surface area contributed by atoms with Crippen LogP contribution in [-0.4, -0.2) is 16.7 Å². The van der Waals surface area contributed by atoms with Crippen molar-refractivity contribution in [3.63, 3.8) is 0 Å². The third kappa shape index (κ3) is 2.51. The molecule has 18 heavy (non-hydrogen) atoms. The number of halogens is 3. The molecule has 1 aromatic carbocycles. The second-order valence-corrected chi connectivity index (χ2v) is 3.66. The summed E-state index contributed by atoms with van der Waals surface area (Å²) in [6, 6.07) is 1.63.